The first-order valence-electron chi connectivity index (χ1n) is 5.59. The molecule has 0 bridgehead atoms. The summed E-state index contributed by atoms with van der Waals surface area (Å²) in [4.78, 5) is 0. The third-order valence-corrected chi connectivity index (χ3v) is 3.19. The first kappa shape index (κ1) is 12.9. The fourth-order valence-corrected chi connectivity index (χ4v) is 2.32. The molecule has 0 aliphatic rings. The molecular formula is C12H16N2O3S. The second kappa shape index (κ2) is 4.99. The molecule has 1 unspecified atom stereocenters. The van der Waals surface area contributed by atoms with Gasteiger partial charge in [-0.25, -0.2) is 4.21 Å². The highest BCUT2D eigenvalue weighted by Crippen LogP contribution is 2.32. The van der Waals surface area contributed by atoms with Crippen LogP contribution in [-0.4, -0.2) is 20.4 Å². The Hall–Kier alpha value is -1.53. The lowest BCUT2D eigenvalue weighted by molar-refractivity contribution is 0.417. The Morgan fingerprint density at radius 1 is 1.44 bits per heavy atom. The summed E-state index contributed by atoms with van der Waals surface area (Å²) >= 11 is -2.12. The number of nitrogens with zero attached hydrogens (tertiary/aromatic N) is 1. The summed E-state index contributed by atoms with van der Waals surface area (Å²) in [5.74, 6) is 0.548. The molecular weight excluding hydrogens is 252 g/mol. The Morgan fingerprint density at radius 3 is 2.72 bits per heavy atom. The van der Waals surface area contributed by atoms with Crippen LogP contribution in [0, 0.1) is 0 Å². The number of ether oxygens (including phenoxy) is 1. The lowest BCUT2D eigenvalue weighted by atomic mass is 10.2. The molecule has 98 valence electrons. The van der Waals surface area contributed by atoms with E-state index in [0.29, 0.717) is 17.5 Å². The highest BCUT2D eigenvalue weighted by Gasteiger charge is 2.11. The zero-order valence-corrected chi connectivity index (χ0v) is 11.3. The SMILES string of the molecule is COc1cc2ccn(C(C)C)c2cc1NS(=O)O. The second-order valence-electron chi connectivity index (χ2n) is 4.28. The van der Waals surface area contributed by atoms with E-state index < -0.39 is 11.3 Å². The Kier molecular flexibility index (Phi) is 3.58. The zero-order chi connectivity index (χ0) is 13.3. The standard InChI is InChI=1S/C12H16N2O3S/c1-8(2)14-5-4-9-6-12(17-3)10(7-11(9)14)13-18(15)16/h4-8,13H,1-3H3,(H,15,16). The van der Waals surface area contributed by atoms with Crippen LogP contribution in [0.4, 0.5) is 5.69 Å². The first-order chi connectivity index (χ1) is 8.52. The number of methoxy groups -OCH3 is 1. The molecule has 1 atom stereocenters. The van der Waals surface area contributed by atoms with Crippen LogP contribution < -0.4 is 9.46 Å². The van der Waals surface area contributed by atoms with Crippen molar-refractivity contribution in [2.75, 3.05) is 11.8 Å². The van der Waals surface area contributed by atoms with Gasteiger partial charge in [-0.3, -0.25) is 9.27 Å². The van der Waals surface area contributed by atoms with Gasteiger partial charge in [0.1, 0.15) is 5.75 Å². The molecule has 0 fully saturated rings. The van der Waals surface area contributed by atoms with Gasteiger partial charge in [-0.05, 0) is 32.0 Å². The summed E-state index contributed by atoms with van der Waals surface area (Å²) in [6.07, 6.45) is 1.99. The number of aromatic nitrogens is 1. The maximum Gasteiger partial charge on any atom is 0.259 e. The molecule has 0 radical (unpaired) electrons. The van der Waals surface area contributed by atoms with Gasteiger partial charge in [0.15, 0.2) is 0 Å². The van der Waals surface area contributed by atoms with Crippen LogP contribution in [0.1, 0.15) is 19.9 Å². The number of benzene rings is 1. The number of nitrogens with one attached hydrogen (secondary N) is 1. The van der Waals surface area contributed by atoms with Crippen LogP contribution in [0.3, 0.4) is 0 Å². The maximum absolute atomic E-state index is 10.9. The van der Waals surface area contributed by atoms with E-state index in [9.17, 15) is 4.21 Å². The maximum atomic E-state index is 10.9. The van der Waals surface area contributed by atoms with Crippen molar-refractivity contribution in [3.63, 3.8) is 0 Å². The lowest BCUT2D eigenvalue weighted by Crippen LogP contribution is -2.04. The van der Waals surface area contributed by atoms with Crippen LogP contribution >= 0.6 is 0 Å². The Morgan fingerprint density at radius 2 is 2.17 bits per heavy atom. The fourth-order valence-electron chi connectivity index (χ4n) is 1.98. The number of hydrogen-bond donors (Lipinski definition) is 2. The molecule has 1 heterocycles. The molecule has 6 heteroatoms. The van der Waals surface area contributed by atoms with E-state index in [2.05, 4.69) is 23.1 Å². The van der Waals surface area contributed by atoms with Gasteiger partial charge in [0.2, 0.25) is 0 Å². The molecule has 18 heavy (non-hydrogen) atoms. The third-order valence-electron chi connectivity index (χ3n) is 2.80. The minimum atomic E-state index is -2.12. The summed E-state index contributed by atoms with van der Waals surface area (Å²) < 4.78 is 29.6. The minimum absolute atomic E-state index is 0.323. The summed E-state index contributed by atoms with van der Waals surface area (Å²) in [6.45, 7) is 4.17. The summed E-state index contributed by atoms with van der Waals surface area (Å²) in [5.41, 5.74) is 1.50. The van der Waals surface area contributed by atoms with Crippen molar-refractivity contribution in [3.05, 3.63) is 24.4 Å². The highest BCUT2D eigenvalue weighted by molar-refractivity contribution is 7.80. The van der Waals surface area contributed by atoms with Crippen LogP contribution in [0.15, 0.2) is 24.4 Å². The summed E-state index contributed by atoms with van der Waals surface area (Å²) in [5, 5.41) is 1.04. The van der Waals surface area contributed by atoms with Gasteiger partial charge in [-0.2, -0.15) is 0 Å². The molecule has 0 aliphatic carbocycles. The van der Waals surface area contributed by atoms with Gasteiger partial charge in [-0.1, -0.05) is 0 Å². The van der Waals surface area contributed by atoms with Gasteiger partial charge >= 0.3 is 0 Å². The molecule has 2 aromatic rings. The number of fused-ring (bicyclic) bond motifs is 1. The number of rotatable bonds is 4. The van der Waals surface area contributed by atoms with Crippen molar-refractivity contribution in [3.8, 4) is 5.75 Å². The number of anilines is 1. The molecule has 1 aromatic heterocycles. The van der Waals surface area contributed by atoms with Crippen molar-refractivity contribution in [1.82, 2.24) is 4.57 Å². The second-order valence-corrected chi connectivity index (χ2v) is 4.98. The van der Waals surface area contributed by atoms with Gasteiger partial charge < -0.3 is 9.30 Å². The van der Waals surface area contributed by atoms with Crippen LogP contribution in [0.2, 0.25) is 0 Å². The van der Waals surface area contributed by atoms with Gasteiger partial charge in [0.25, 0.3) is 11.3 Å². The molecule has 0 aliphatic heterocycles. The van der Waals surface area contributed by atoms with Gasteiger partial charge in [0.05, 0.1) is 18.3 Å². The van der Waals surface area contributed by atoms with Crippen molar-refractivity contribution in [2.24, 2.45) is 0 Å². The van der Waals surface area contributed by atoms with Crippen molar-refractivity contribution < 1.29 is 13.5 Å². The van der Waals surface area contributed by atoms with E-state index in [-0.39, 0.29) is 0 Å². The van der Waals surface area contributed by atoms with Gasteiger partial charge in [0, 0.05) is 17.6 Å². The molecule has 0 saturated carbocycles. The zero-order valence-electron chi connectivity index (χ0n) is 10.5. The van der Waals surface area contributed by atoms with Crippen LogP contribution in [0.5, 0.6) is 5.75 Å². The predicted molar refractivity (Wildman–Crippen MR) is 73.3 cm³/mol. The van der Waals surface area contributed by atoms with Crippen molar-refractivity contribution in [2.45, 2.75) is 19.9 Å². The molecule has 2 rings (SSSR count). The summed E-state index contributed by atoms with van der Waals surface area (Å²) in [6, 6.07) is 5.99. The largest absolute Gasteiger partial charge is 0.495 e. The van der Waals surface area contributed by atoms with Gasteiger partial charge in [-0.15, -0.1) is 0 Å². The normalized spacial score (nSPS) is 12.9. The van der Waals surface area contributed by atoms with E-state index in [1.807, 2.05) is 24.4 Å². The molecule has 0 saturated heterocycles. The minimum Gasteiger partial charge on any atom is -0.495 e. The molecule has 1 aromatic carbocycles. The average Bonchev–Trinajstić information content (AvgIpc) is 2.69. The number of hydrogen-bond acceptors (Lipinski definition) is 2. The highest BCUT2D eigenvalue weighted by atomic mass is 32.2. The third kappa shape index (κ3) is 2.34. The van der Waals surface area contributed by atoms with Crippen molar-refractivity contribution >= 4 is 27.9 Å². The molecule has 0 amide bonds. The quantitative estimate of drug-likeness (QED) is 0.838. The van der Waals surface area contributed by atoms with E-state index in [4.69, 9.17) is 9.29 Å². The average molecular weight is 268 g/mol. The van der Waals surface area contributed by atoms with Crippen LogP contribution in [-0.2, 0) is 11.3 Å². The van der Waals surface area contributed by atoms with Crippen LogP contribution in [0.25, 0.3) is 10.9 Å². The predicted octanol–water partition coefficient (Wildman–Crippen LogP) is 2.78. The Balaban J connectivity index is 2.60. The molecule has 0 spiro atoms. The first-order valence-corrected chi connectivity index (χ1v) is 6.69. The van der Waals surface area contributed by atoms with E-state index >= 15 is 0 Å². The van der Waals surface area contributed by atoms with E-state index in [1.54, 1.807) is 0 Å². The smallest absolute Gasteiger partial charge is 0.259 e. The lowest BCUT2D eigenvalue weighted by Gasteiger charge is -2.12. The Labute approximate surface area is 108 Å². The topological polar surface area (TPSA) is 63.5 Å². The van der Waals surface area contributed by atoms with E-state index in [1.165, 1.54) is 7.11 Å². The fraction of sp³-hybridized carbons (Fsp3) is 0.333. The van der Waals surface area contributed by atoms with Crippen molar-refractivity contribution in [1.29, 1.82) is 0 Å². The molecule has 5 nitrogen and oxygen atoms in total. The van der Waals surface area contributed by atoms with E-state index in [0.717, 1.165) is 10.9 Å². The Bertz CT molecular complexity index is 592. The molecule has 2 N–H and O–H groups in total. The monoisotopic (exact) mass is 268 g/mol. The summed E-state index contributed by atoms with van der Waals surface area (Å²) in [7, 11) is 1.53.